The summed E-state index contributed by atoms with van der Waals surface area (Å²) in [5.74, 6) is 2.12. The van der Waals surface area contributed by atoms with Gasteiger partial charge < -0.3 is 10.2 Å². The summed E-state index contributed by atoms with van der Waals surface area (Å²) in [6, 6.07) is 4.48. The third kappa shape index (κ3) is 4.36. The van der Waals surface area contributed by atoms with Gasteiger partial charge in [-0.3, -0.25) is 9.88 Å². The van der Waals surface area contributed by atoms with Crippen molar-refractivity contribution in [2.24, 2.45) is 0 Å². The molecule has 5 nitrogen and oxygen atoms in total. The van der Waals surface area contributed by atoms with E-state index in [1.54, 1.807) is 6.20 Å². The molecule has 2 fully saturated rings. The highest BCUT2D eigenvalue weighted by Crippen LogP contribution is 2.14. The molecule has 3 rings (SSSR count). The molecular formula is C16H24N4OS. The fraction of sp³-hybridized carbons (Fsp3) is 0.625. The largest absolute Gasteiger partial charge is 0.334 e. The highest BCUT2D eigenvalue weighted by molar-refractivity contribution is 7.99. The van der Waals surface area contributed by atoms with E-state index in [0.29, 0.717) is 0 Å². The smallest absolute Gasteiger partial charge is 0.317 e. The van der Waals surface area contributed by atoms with Crippen LogP contribution in [0.25, 0.3) is 0 Å². The Balaban J connectivity index is 1.48. The number of rotatable bonds is 3. The van der Waals surface area contributed by atoms with Gasteiger partial charge in [0.2, 0.25) is 0 Å². The molecule has 0 aromatic carbocycles. The molecule has 1 aromatic rings. The molecule has 0 saturated carbocycles. The van der Waals surface area contributed by atoms with Crippen LogP contribution < -0.4 is 5.32 Å². The number of nitrogens with one attached hydrogen (secondary N) is 1. The third-order valence-corrected chi connectivity index (χ3v) is 5.20. The van der Waals surface area contributed by atoms with E-state index >= 15 is 0 Å². The summed E-state index contributed by atoms with van der Waals surface area (Å²) >= 11 is 1.93. The lowest BCUT2D eigenvalue weighted by atomic mass is 10.1. The Morgan fingerprint density at radius 2 is 2.23 bits per heavy atom. The molecule has 2 amide bonds. The summed E-state index contributed by atoms with van der Waals surface area (Å²) in [5.41, 5.74) is 1.24. The fourth-order valence-electron chi connectivity index (χ4n) is 3.10. The molecule has 1 aromatic heterocycles. The summed E-state index contributed by atoms with van der Waals surface area (Å²) < 4.78 is 0. The van der Waals surface area contributed by atoms with Crippen molar-refractivity contribution in [3.05, 3.63) is 30.1 Å². The second-order valence-electron chi connectivity index (χ2n) is 5.98. The SMILES string of the molecule is O=C(NC1CCCN(Cc2cccnc2)C1)N1CCSCC1. The van der Waals surface area contributed by atoms with Crippen molar-refractivity contribution in [1.29, 1.82) is 0 Å². The molecule has 22 heavy (non-hydrogen) atoms. The van der Waals surface area contributed by atoms with E-state index < -0.39 is 0 Å². The number of aromatic nitrogens is 1. The third-order valence-electron chi connectivity index (χ3n) is 4.26. The number of likely N-dealkylation sites (tertiary alicyclic amines) is 1. The summed E-state index contributed by atoms with van der Waals surface area (Å²) in [6.07, 6.45) is 5.95. The highest BCUT2D eigenvalue weighted by atomic mass is 32.2. The molecule has 0 aliphatic carbocycles. The van der Waals surface area contributed by atoms with Gasteiger partial charge in [-0.05, 0) is 31.0 Å². The van der Waals surface area contributed by atoms with Gasteiger partial charge in [0.1, 0.15) is 0 Å². The standard InChI is InChI=1S/C16H24N4OS/c21-16(20-7-9-22-10-8-20)18-15-4-2-6-19(13-15)12-14-3-1-5-17-11-14/h1,3,5,11,15H,2,4,6-10,12-13H2,(H,18,21). The number of piperidine rings is 1. The second kappa shape index (κ2) is 7.83. The van der Waals surface area contributed by atoms with E-state index in [1.807, 2.05) is 28.9 Å². The van der Waals surface area contributed by atoms with Gasteiger partial charge in [-0.15, -0.1) is 0 Å². The maximum Gasteiger partial charge on any atom is 0.317 e. The van der Waals surface area contributed by atoms with E-state index in [-0.39, 0.29) is 12.1 Å². The van der Waals surface area contributed by atoms with Gasteiger partial charge in [-0.1, -0.05) is 6.07 Å². The average molecular weight is 320 g/mol. The van der Waals surface area contributed by atoms with E-state index in [9.17, 15) is 4.79 Å². The fourth-order valence-corrected chi connectivity index (χ4v) is 4.00. The molecule has 2 saturated heterocycles. The van der Waals surface area contributed by atoms with Gasteiger partial charge in [0, 0.05) is 56.1 Å². The molecule has 0 bridgehead atoms. The summed E-state index contributed by atoms with van der Waals surface area (Å²) in [5, 5.41) is 3.22. The maximum absolute atomic E-state index is 12.3. The number of pyridine rings is 1. The van der Waals surface area contributed by atoms with Crippen molar-refractivity contribution >= 4 is 17.8 Å². The Bertz CT molecular complexity index is 478. The summed E-state index contributed by atoms with van der Waals surface area (Å²) in [4.78, 5) is 20.9. The van der Waals surface area contributed by atoms with Crippen molar-refractivity contribution in [2.75, 3.05) is 37.7 Å². The average Bonchev–Trinajstić information content (AvgIpc) is 2.57. The number of nitrogens with zero attached hydrogens (tertiary/aromatic N) is 3. The Hall–Kier alpha value is -1.27. The zero-order chi connectivity index (χ0) is 15.2. The first-order valence-electron chi connectivity index (χ1n) is 8.06. The van der Waals surface area contributed by atoms with Gasteiger partial charge >= 0.3 is 6.03 Å². The van der Waals surface area contributed by atoms with Crippen LogP contribution in [0.5, 0.6) is 0 Å². The first-order chi connectivity index (χ1) is 10.8. The van der Waals surface area contributed by atoms with E-state index in [4.69, 9.17) is 0 Å². The Morgan fingerprint density at radius 1 is 1.36 bits per heavy atom. The van der Waals surface area contributed by atoms with Crippen LogP contribution in [-0.2, 0) is 6.54 Å². The topological polar surface area (TPSA) is 48.5 Å². The molecular weight excluding hydrogens is 296 g/mol. The lowest BCUT2D eigenvalue weighted by Gasteiger charge is -2.35. The molecule has 120 valence electrons. The minimum absolute atomic E-state index is 0.119. The molecule has 0 spiro atoms. The van der Waals surface area contributed by atoms with Crippen molar-refractivity contribution in [3.63, 3.8) is 0 Å². The number of carbonyl (C=O) groups excluding carboxylic acids is 1. The van der Waals surface area contributed by atoms with Crippen LogP contribution in [0, 0.1) is 0 Å². The maximum atomic E-state index is 12.3. The summed E-state index contributed by atoms with van der Waals surface area (Å²) in [7, 11) is 0. The number of thioether (sulfide) groups is 1. The zero-order valence-corrected chi connectivity index (χ0v) is 13.7. The highest BCUT2D eigenvalue weighted by Gasteiger charge is 2.24. The van der Waals surface area contributed by atoms with Crippen LogP contribution in [0.1, 0.15) is 18.4 Å². The summed E-state index contributed by atoms with van der Waals surface area (Å²) in [6.45, 7) is 4.71. The normalized spacial score (nSPS) is 23.3. The van der Waals surface area contributed by atoms with E-state index in [1.165, 1.54) is 5.56 Å². The van der Waals surface area contributed by atoms with Crippen molar-refractivity contribution in [2.45, 2.75) is 25.4 Å². The van der Waals surface area contributed by atoms with Crippen molar-refractivity contribution < 1.29 is 4.79 Å². The quantitative estimate of drug-likeness (QED) is 0.923. The Kier molecular flexibility index (Phi) is 5.56. The molecule has 1 N–H and O–H groups in total. The van der Waals surface area contributed by atoms with Crippen LogP contribution >= 0.6 is 11.8 Å². The predicted octanol–water partition coefficient (Wildman–Crippen LogP) is 1.80. The van der Waals surface area contributed by atoms with Crippen molar-refractivity contribution in [1.82, 2.24) is 20.1 Å². The molecule has 6 heteroatoms. The van der Waals surface area contributed by atoms with Crippen LogP contribution in [0.3, 0.4) is 0 Å². The number of hydrogen-bond acceptors (Lipinski definition) is 4. The first kappa shape index (κ1) is 15.6. The molecule has 0 radical (unpaired) electrons. The molecule has 2 aliphatic heterocycles. The number of urea groups is 1. The minimum Gasteiger partial charge on any atom is -0.334 e. The molecule has 1 unspecified atom stereocenters. The molecule has 2 aliphatic rings. The van der Waals surface area contributed by atoms with Crippen LogP contribution in [0.4, 0.5) is 4.79 Å². The zero-order valence-electron chi connectivity index (χ0n) is 12.9. The lowest BCUT2D eigenvalue weighted by Crippen LogP contribution is -2.52. The minimum atomic E-state index is 0.119. The van der Waals surface area contributed by atoms with Gasteiger partial charge in [0.05, 0.1) is 0 Å². The Morgan fingerprint density at radius 3 is 3.00 bits per heavy atom. The first-order valence-corrected chi connectivity index (χ1v) is 9.21. The molecule has 1 atom stereocenters. The number of hydrogen-bond donors (Lipinski definition) is 1. The Labute approximate surface area is 136 Å². The van der Waals surface area contributed by atoms with Gasteiger partial charge in [0.25, 0.3) is 0 Å². The van der Waals surface area contributed by atoms with Crippen molar-refractivity contribution in [3.8, 4) is 0 Å². The lowest BCUT2D eigenvalue weighted by molar-refractivity contribution is 0.165. The van der Waals surface area contributed by atoms with E-state index in [2.05, 4.69) is 21.3 Å². The number of amides is 2. The van der Waals surface area contributed by atoms with Crippen LogP contribution in [0.15, 0.2) is 24.5 Å². The number of carbonyl (C=O) groups is 1. The van der Waals surface area contributed by atoms with Crippen LogP contribution in [0.2, 0.25) is 0 Å². The predicted molar refractivity (Wildman–Crippen MR) is 90.0 cm³/mol. The van der Waals surface area contributed by atoms with Crippen LogP contribution in [-0.4, -0.2) is 64.5 Å². The van der Waals surface area contributed by atoms with Gasteiger partial charge in [0.15, 0.2) is 0 Å². The monoisotopic (exact) mass is 320 g/mol. The van der Waals surface area contributed by atoms with E-state index in [0.717, 1.165) is 57.1 Å². The van der Waals surface area contributed by atoms with Gasteiger partial charge in [-0.25, -0.2) is 4.79 Å². The molecule has 3 heterocycles. The second-order valence-corrected chi connectivity index (χ2v) is 7.21. The van der Waals surface area contributed by atoms with Gasteiger partial charge in [-0.2, -0.15) is 11.8 Å².